The maximum atomic E-state index is 5.29. The molecular weight excluding hydrogens is 208 g/mol. The molecule has 0 bridgehead atoms. The molecule has 1 aliphatic rings. The van der Waals surface area contributed by atoms with E-state index in [0.29, 0.717) is 6.04 Å². The van der Waals surface area contributed by atoms with Crippen LogP contribution in [-0.4, -0.2) is 28.4 Å². The second-order valence-corrected chi connectivity index (χ2v) is 4.54. The Morgan fingerprint density at radius 1 is 1.53 bits per heavy atom. The summed E-state index contributed by atoms with van der Waals surface area (Å²) in [6.45, 7) is 3.07. The zero-order chi connectivity index (χ0) is 10.8. The van der Waals surface area contributed by atoms with Gasteiger partial charge in [-0.1, -0.05) is 12.8 Å². The zero-order valence-corrected chi connectivity index (χ0v) is 10.2. The predicted molar refractivity (Wildman–Crippen MR) is 63.9 cm³/mol. The molecule has 0 aromatic carbocycles. The van der Waals surface area contributed by atoms with Gasteiger partial charge in [-0.2, -0.15) is 0 Å². The molecule has 1 N–H and O–H groups in total. The van der Waals surface area contributed by atoms with Crippen molar-refractivity contribution in [1.82, 2.24) is 14.8 Å². The number of nitrogens with zero attached hydrogens (tertiary/aromatic N) is 3. The van der Waals surface area contributed by atoms with Crippen LogP contribution in [0.25, 0.3) is 0 Å². The van der Waals surface area contributed by atoms with E-state index in [1.807, 2.05) is 0 Å². The number of aromatic nitrogens is 3. The van der Waals surface area contributed by atoms with Crippen molar-refractivity contribution in [2.24, 2.45) is 0 Å². The van der Waals surface area contributed by atoms with Crippen molar-refractivity contribution in [3.63, 3.8) is 0 Å². The van der Waals surface area contributed by atoms with Crippen molar-refractivity contribution in [3.05, 3.63) is 4.77 Å². The van der Waals surface area contributed by atoms with Crippen molar-refractivity contribution in [3.8, 4) is 0 Å². The number of anilines is 1. The molecule has 1 saturated carbocycles. The third-order valence-electron chi connectivity index (χ3n) is 3.19. The van der Waals surface area contributed by atoms with Crippen molar-refractivity contribution in [2.45, 2.75) is 38.6 Å². The Hall–Kier alpha value is -0.840. The molecule has 0 aliphatic heterocycles. The van der Waals surface area contributed by atoms with Crippen LogP contribution in [-0.2, 0) is 0 Å². The largest absolute Gasteiger partial charge is 0.344 e. The van der Waals surface area contributed by atoms with Gasteiger partial charge in [0.05, 0.1) is 0 Å². The molecule has 0 unspecified atom stereocenters. The lowest BCUT2D eigenvalue weighted by Crippen LogP contribution is -2.22. The first kappa shape index (κ1) is 10.7. The molecule has 15 heavy (non-hydrogen) atoms. The normalized spacial score (nSPS) is 17.2. The molecule has 5 heteroatoms. The summed E-state index contributed by atoms with van der Waals surface area (Å²) in [6, 6.07) is 0.556. The molecular formula is C10H18N4S. The number of hydrogen-bond acceptors (Lipinski definition) is 3. The van der Waals surface area contributed by atoms with E-state index in [-0.39, 0.29) is 0 Å². The van der Waals surface area contributed by atoms with E-state index in [4.69, 9.17) is 12.2 Å². The first-order valence-corrected chi connectivity index (χ1v) is 6.03. The molecule has 0 saturated heterocycles. The van der Waals surface area contributed by atoms with Crippen LogP contribution in [0, 0.1) is 4.77 Å². The number of H-pyrrole nitrogens is 1. The van der Waals surface area contributed by atoms with E-state index in [1.165, 1.54) is 25.7 Å². The van der Waals surface area contributed by atoms with E-state index in [0.717, 1.165) is 17.3 Å². The fourth-order valence-corrected chi connectivity index (χ4v) is 2.48. The molecule has 0 radical (unpaired) electrons. The molecule has 2 rings (SSSR count). The molecule has 1 heterocycles. The summed E-state index contributed by atoms with van der Waals surface area (Å²) in [5.74, 6) is 0.981. The third-order valence-corrected chi connectivity index (χ3v) is 3.48. The van der Waals surface area contributed by atoms with Gasteiger partial charge in [-0.05, 0) is 32.0 Å². The highest BCUT2D eigenvalue weighted by molar-refractivity contribution is 7.71. The summed E-state index contributed by atoms with van der Waals surface area (Å²) < 4.78 is 2.95. The van der Waals surface area contributed by atoms with Gasteiger partial charge < -0.3 is 4.90 Å². The molecule has 84 valence electrons. The predicted octanol–water partition coefficient (Wildman–Crippen LogP) is 2.51. The molecule has 0 atom stereocenters. The van der Waals surface area contributed by atoms with Crippen LogP contribution in [0.15, 0.2) is 0 Å². The zero-order valence-electron chi connectivity index (χ0n) is 9.36. The van der Waals surface area contributed by atoms with E-state index >= 15 is 0 Å². The Kier molecular flexibility index (Phi) is 3.09. The third kappa shape index (κ3) is 1.93. The van der Waals surface area contributed by atoms with E-state index in [9.17, 15) is 0 Å². The lowest BCUT2D eigenvalue weighted by atomic mass is 10.2. The smallest absolute Gasteiger partial charge is 0.225 e. The summed E-state index contributed by atoms with van der Waals surface area (Å²) in [4.78, 5) is 2.13. The summed E-state index contributed by atoms with van der Waals surface area (Å²) >= 11 is 5.29. The highest BCUT2D eigenvalue weighted by Gasteiger charge is 2.22. The molecule has 1 fully saturated rings. The second kappa shape index (κ2) is 4.35. The standard InChI is InChI=1S/C10H18N4S/c1-3-13(2)9-11-12-10(15)14(9)8-6-4-5-7-8/h8H,3-7H2,1-2H3,(H,12,15). The SMILES string of the molecule is CCN(C)c1n[nH]c(=S)n1C1CCCC1. The van der Waals surface area contributed by atoms with Gasteiger partial charge in [0.25, 0.3) is 0 Å². The van der Waals surface area contributed by atoms with Crippen molar-refractivity contribution >= 4 is 18.2 Å². The first-order chi connectivity index (χ1) is 7.24. The maximum Gasteiger partial charge on any atom is 0.225 e. The van der Waals surface area contributed by atoms with Crippen LogP contribution < -0.4 is 4.90 Å². The van der Waals surface area contributed by atoms with Gasteiger partial charge in [0, 0.05) is 19.6 Å². The lowest BCUT2D eigenvalue weighted by molar-refractivity contribution is 0.510. The average Bonchev–Trinajstić information content (AvgIpc) is 2.85. The van der Waals surface area contributed by atoms with Gasteiger partial charge in [0.2, 0.25) is 5.95 Å². The lowest BCUT2D eigenvalue weighted by Gasteiger charge is -2.20. The summed E-state index contributed by atoms with van der Waals surface area (Å²) in [7, 11) is 2.05. The molecule has 1 aliphatic carbocycles. The van der Waals surface area contributed by atoms with Crippen LogP contribution in [0.2, 0.25) is 0 Å². The Morgan fingerprint density at radius 3 is 2.80 bits per heavy atom. The summed E-state index contributed by atoms with van der Waals surface area (Å²) in [5, 5.41) is 7.21. The van der Waals surface area contributed by atoms with Crippen molar-refractivity contribution in [2.75, 3.05) is 18.5 Å². The molecule has 0 amide bonds. The van der Waals surface area contributed by atoms with Crippen LogP contribution >= 0.6 is 12.2 Å². The summed E-state index contributed by atoms with van der Waals surface area (Å²) in [5.41, 5.74) is 0. The van der Waals surface area contributed by atoms with E-state index in [1.54, 1.807) is 0 Å². The fraction of sp³-hybridized carbons (Fsp3) is 0.800. The minimum atomic E-state index is 0.556. The Morgan fingerprint density at radius 2 is 2.20 bits per heavy atom. The fourth-order valence-electron chi connectivity index (χ4n) is 2.20. The Bertz CT molecular complexity index is 375. The van der Waals surface area contributed by atoms with Gasteiger partial charge in [0.1, 0.15) is 0 Å². The molecule has 0 spiro atoms. The van der Waals surface area contributed by atoms with Crippen LogP contribution in [0.3, 0.4) is 0 Å². The highest BCUT2D eigenvalue weighted by Crippen LogP contribution is 2.32. The average molecular weight is 226 g/mol. The molecule has 1 aromatic rings. The monoisotopic (exact) mass is 226 g/mol. The van der Waals surface area contributed by atoms with Gasteiger partial charge >= 0.3 is 0 Å². The van der Waals surface area contributed by atoms with E-state index in [2.05, 4.69) is 33.6 Å². The van der Waals surface area contributed by atoms with Crippen LogP contribution in [0.1, 0.15) is 38.6 Å². The van der Waals surface area contributed by atoms with Crippen LogP contribution in [0.4, 0.5) is 5.95 Å². The number of aromatic amines is 1. The van der Waals surface area contributed by atoms with Crippen molar-refractivity contribution in [1.29, 1.82) is 0 Å². The van der Waals surface area contributed by atoms with Gasteiger partial charge in [-0.3, -0.25) is 4.57 Å². The second-order valence-electron chi connectivity index (χ2n) is 4.15. The summed E-state index contributed by atoms with van der Waals surface area (Å²) in [6.07, 6.45) is 5.09. The quantitative estimate of drug-likeness (QED) is 0.805. The number of hydrogen-bond donors (Lipinski definition) is 1. The maximum absolute atomic E-state index is 5.29. The van der Waals surface area contributed by atoms with Gasteiger partial charge in [0.15, 0.2) is 4.77 Å². The van der Waals surface area contributed by atoms with Gasteiger partial charge in [-0.25, -0.2) is 5.10 Å². The molecule has 4 nitrogen and oxygen atoms in total. The Balaban J connectivity index is 2.35. The highest BCUT2D eigenvalue weighted by atomic mass is 32.1. The Labute approximate surface area is 95.3 Å². The first-order valence-electron chi connectivity index (χ1n) is 5.62. The number of rotatable bonds is 3. The minimum absolute atomic E-state index is 0.556. The number of nitrogens with one attached hydrogen (secondary N) is 1. The molecule has 1 aromatic heterocycles. The minimum Gasteiger partial charge on any atom is -0.344 e. The van der Waals surface area contributed by atoms with Gasteiger partial charge in [-0.15, -0.1) is 5.10 Å². The van der Waals surface area contributed by atoms with Crippen LogP contribution in [0.5, 0.6) is 0 Å². The van der Waals surface area contributed by atoms with E-state index < -0.39 is 0 Å². The van der Waals surface area contributed by atoms with Crippen molar-refractivity contribution < 1.29 is 0 Å². The topological polar surface area (TPSA) is 36.9 Å².